The highest BCUT2D eigenvalue weighted by Crippen LogP contribution is 2.26. The number of para-hydroxylation sites is 1. The van der Waals surface area contributed by atoms with Gasteiger partial charge >= 0.3 is 0 Å². The van der Waals surface area contributed by atoms with Gasteiger partial charge in [-0.25, -0.2) is 4.99 Å². The number of hydrogen-bond acceptors (Lipinski definition) is 2. The summed E-state index contributed by atoms with van der Waals surface area (Å²) < 4.78 is 0. The van der Waals surface area contributed by atoms with Crippen molar-refractivity contribution in [2.75, 3.05) is 0 Å². The molecule has 2 heteroatoms. The Morgan fingerprint density at radius 1 is 0.760 bits per heavy atom. The van der Waals surface area contributed by atoms with Crippen LogP contribution in [-0.4, -0.2) is 11.9 Å². The van der Waals surface area contributed by atoms with Gasteiger partial charge in [-0.3, -0.25) is 4.99 Å². The molecule has 25 heavy (non-hydrogen) atoms. The first-order chi connectivity index (χ1) is 12.3. The Morgan fingerprint density at radius 2 is 1.48 bits per heavy atom. The molecule has 0 saturated carbocycles. The molecule has 1 aliphatic rings. The predicted molar refractivity (Wildman–Crippen MR) is 106 cm³/mol. The molecule has 0 unspecified atom stereocenters. The van der Waals surface area contributed by atoms with Crippen LogP contribution in [-0.2, 0) is 0 Å². The van der Waals surface area contributed by atoms with Gasteiger partial charge in [-0.15, -0.1) is 0 Å². The number of rotatable bonds is 2. The molecule has 0 fully saturated rings. The number of fused-ring (bicyclic) bond motifs is 1. The molecular formula is C23H18N2. The summed E-state index contributed by atoms with van der Waals surface area (Å²) in [7, 11) is 0. The van der Waals surface area contributed by atoms with Crippen LogP contribution in [0, 0.1) is 6.92 Å². The summed E-state index contributed by atoms with van der Waals surface area (Å²) in [6.07, 6.45) is 3.99. The Labute approximate surface area is 147 Å². The zero-order chi connectivity index (χ0) is 17.1. The van der Waals surface area contributed by atoms with E-state index < -0.39 is 0 Å². The number of nitrogens with zero attached hydrogens (tertiary/aromatic N) is 2. The predicted octanol–water partition coefficient (Wildman–Crippen LogP) is 5.59. The van der Waals surface area contributed by atoms with E-state index in [9.17, 15) is 0 Å². The molecule has 0 radical (unpaired) electrons. The van der Waals surface area contributed by atoms with Crippen molar-refractivity contribution in [1.29, 1.82) is 0 Å². The van der Waals surface area contributed by atoms with E-state index in [1.165, 1.54) is 5.56 Å². The number of aliphatic imine (C=N–C) groups is 2. The molecule has 3 aromatic rings. The van der Waals surface area contributed by atoms with E-state index in [2.05, 4.69) is 49.4 Å². The molecule has 120 valence electrons. The largest absolute Gasteiger partial charge is 0.254 e. The third kappa shape index (κ3) is 3.33. The molecule has 3 aromatic carbocycles. The van der Waals surface area contributed by atoms with Gasteiger partial charge in [0, 0.05) is 17.3 Å². The van der Waals surface area contributed by atoms with Crippen molar-refractivity contribution in [3.8, 4) is 0 Å². The van der Waals surface area contributed by atoms with E-state index in [-0.39, 0.29) is 0 Å². The standard InChI is InChI=1S/C23H18N2/c1-17-11-13-18(14-12-17)15-22-23(19-7-3-2-4-8-19)25-21-10-6-5-9-20(21)16-24-22/h2-16H,1H3/b22-15-. The van der Waals surface area contributed by atoms with Crippen molar-refractivity contribution in [3.63, 3.8) is 0 Å². The summed E-state index contributed by atoms with van der Waals surface area (Å²) in [5.74, 6) is 0. The summed E-state index contributed by atoms with van der Waals surface area (Å²) in [5, 5.41) is 0. The van der Waals surface area contributed by atoms with E-state index in [0.29, 0.717) is 0 Å². The van der Waals surface area contributed by atoms with Crippen LogP contribution in [0.15, 0.2) is 94.5 Å². The number of allylic oxidation sites excluding steroid dienone is 1. The maximum atomic E-state index is 4.93. The van der Waals surface area contributed by atoms with Crippen molar-refractivity contribution >= 4 is 23.7 Å². The van der Waals surface area contributed by atoms with Crippen LogP contribution < -0.4 is 0 Å². The highest BCUT2D eigenvalue weighted by Gasteiger charge is 2.13. The highest BCUT2D eigenvalue weighted by molar-refractivity contribution is 6.18. The molecule has 0 amide bonds. The second-order valence-corrected chi connectivity index (χ2v) is 6.08. The summed E-state index contributed by atoms with van der Waals surface area (Å²) in [6.45, 7) is 2.09. The summed E-state index contributed by atoms with van der Waals surface area (Å²) in [6, 6.07) is 26.8. The fourth-order valence-corrected chi connectivity index (χ4v) is 2.81. The number of benzene rings is 3. The molecule has 0 bridgehead atoms. The van der Waals surface area contributed by atoms with E-state index in [4.69, 9.17) is 9.98 Å². The van der Waals surface area contributed by atoms with Gasteiger partial charge in [-0.05, 0) is 24.6 Å². The zero-order valence-corrected chi connectivity index (χ0v) is 14.1. The molecule has 1 heterocycles. The lowest BCUT2D eigenvalue weighted by Gasteiger charge is -2.07. The van der Waals surface area contributed by atoms with Crippen LogP contribution in [0.5, 0.6) is 0 Å². The third-order valence-electron chi connectivity index (χ3n) is 4.18. The summed E-state index contributed by atoms with van der Waals surface area (Å²) in [4.78, 5) is 9.67. The van der Waals surface area contributed by atoms with Gasteiger partial charge in [0.05, 0.1) is 17.1 Å². The molecule has 0 aromatic heterocycles. The van der Waals surface area contributed by atoms with Crippen molar-refractivity contribution in [2.24, 2.45) is 9.98 Å². The summed E-state index contributed by atoms with van der Waals surface area (Å²) in [5.41, 5.74) is 7.16. The van der Waals surface area contributed by atoms with Crippen LogP contribution in [0.1, 0.15) is 22.3 Å². The second-order valence-electron chi connectivity index (χ2n) is 6.08. The molecule has 4 rings (SSSR count). The topological polar surface area (TPSA) is 24.7 Å². The SMILES string of the molecule is Cc1ccc(/C=C2\N=Cc3ccccc3N=C2c2ccccc2)cc1. The van der Waals surface area contributed by atoms with Crippen LogP contribution in [0.2, 0.25) is 0 Å². The minimum absolute atomic E-state index is 0.867. The van der Waals surface area contributed by atoms with Crippen LogP contribution in [0.4, 0.5) is 5.69 Å². The van der Waals surface area contributed by atoms with Gasteiger partial charge in [-0.1, -0.05) is 78.4 Å². The summed E-state index contributed by atoms with van der Waals surface area (Å²) >= 11 is 0. The van der Waals surface area contributed by atoms with E-state index in [0.717, 1.165) is 33.8 Å². The third-order valence-corrected chi connectivity index (χ3v) is 4.18. The van der Waals surface area contributed by atoms with Crippen molar-refractivity contribution < 1.29 is 0 Å². The molecule has 0 N–H and O–H groups in total. The average Bonchev–Trinajstić information content (AvgIpc) is 2.84. The minimum Gasteiger partial charge on any atom is -0.254 e. The lowest BCUT2D eigenvalue weighted by Crippen LogP contribution is -2.02. The van der Waals surface area contributed by atoms with Gasteiger partial charge in [-0.2, -0.15) is 0 Å². The van der Waals surface area contributed by atoms with Gasteiger partial charge in [0.1, 0.15) is 0 Å². The molecule has 0 spiro atoms. The van der Waals surface area contributed by atoms with Gasteiger partial charge in [0.25, 0.3) is 0 Å². The smallest absolute Gasteiger partial charge is 0.0966 e. The van der Waals surface area contributed by atoms with Gasteiger partial charge < -0.3 is 0 Å². The monoisotopic (exact) mass is 322 g/mol. The lowest BCUT2D eigenvalue weighted by molar-refractivity contribution is 1.43. The van der Waals surface area contributed by atoms with E-state index in [1.54, 1.807) is 0 Å². The Hall–Kier alpha value is -3.26. The van der Waals surface area contributed by atoms with Gasteiger partial charge in [0.15, 0.2) is 0 Å². The Bertz CT molecular complexity index is 978. The van der Waals surface area contributed by atoms with Crippen LogP contribution in [0.3, 0.4) is 0 Å². The average molecular weight is 322 g/mol. The fraction of sp³-hybridized carbons (Fsp3) is 0.0435. The van der Waals surface area contributed by atoms with Gasteiger partial charge in [0.2, 0.25) is 0 Å². The first-order valence-electron chi connectivity index (χ1n) is 8.35. The van der Waals surface area contributed by atoms with Crippen LogP contribution in [0.25, 0.3) is 6.08 Å². The normalized spacial score (nSPS) is 14.8. The number of aryl methyl sites for hydroxylation is 1. The molecule has 0 atom stereocenters. The van der Waals surface area contributed by atoms with E-state index >= 15 is 0 Å². The van der Waals surface area contributed by atoms with Crippen molar-refractivity contribution in [1.82, 2.24) is 0 Å². The Kier molecular flexibility index (Phi) is 4.09. The molecule has 0 saturated heterocycles. The van der Waals surface area contributed by atoms with Crippen LogP contribution >= 0.6 is 0 Å². The first kappa shape index (κ1) is 15.3. The first-order valence-corrected chi connectivity index (χ1v) is 8.35. The molecule has 1 aliphatic heterocycles. The maximum Gasteiger partial charge on any atom is 0.0966 e. The Morgan fingerprint density at radius 3 is 2.28 bits per heavy atom. The Balaban J connectivity index is 1.88. The molecule has 0 aliphatic carbocycles. The van der Waals surface area contributed by atoms with Crippen molar-refractivity contribution in [2.45, 2.75) is 6.92 Å². The minimum atomic E-state index is 0.867. The van der Waals surface area contributed by atoms with Crippen molar-refractivity contribution in [3.05, 3.63) is 107 Å². The zero-order valence-electron chi connectivity index (χ0n) is 14.1. The second kappa shape index (κ2) is 6.70. The fourth-order valence-electron chi connectivity index (χ4n) is 2.81. The van der Waals surface area contributed by atoms with E-state index in [1.807, 2.05) is 48.7 Å². The maximum absolute atomic E-state index is 4.93. The number of hydrogen-bond donors (Lipinski definition) is 0. The lowest BCUT2D eigenvalue weighted by atomic mass is 10.0. The quantitative estimate of drug-likeness (QED) is 0.587. The molecule has 2 nitrogen and oxygen atoms in total. The highest BCUT2D eigenvalue weighted by atomic mass is 14.9. The molecular weight excluding hydrogens is 304 g/mol.